The van der Waals surface area contributed by atoms with Crippen LogP contribution in [0.4, 0.5) is 10.5 Å². The first-order chi connectivity index (χ1) is 11.6. The van der Waals surface area contributed by atoms with Gasteiger partial charge in [0.1, 0.15) is 6.04 Å². The molecule has 1 saturated carbocycles. The van der Waals surface area contributed by atoms with E-state index < -0.39 is 6.04 Å². The zero-order valence-corrected chi connectivity index (χ0v) is 14.5. The molecular weight excluding hydrogens is 306 g/mol. The summed E-state index contributed by atoms with van der Waals surface area (Å²) >= 11 is 0. The Labute approximate surface area is 142 Å². The van der Waals surface area contributed by atoms with Crippen molar-refractivity contribution < 1.29 is 9.59 Å². The van der Waals surface area contributed by atoms with Crippen LogP contribution in [-0.2, 0) is 11.8 Å². The van der Waals surface area contributed by atoms with Crippen LogP contribution in [0, 0.1) is 5.92 Å². The Balaban J connectivity index is 1.51. The average Bonchev–Trinajstić information content (AvgIpc) is 3.14. The highest BCUT2D eigenvalue weighted by molar-refractivity contribution is 6.01. The fraction of sp³-hybridized carbons (Fsp3) is 0.706. The summed E-state index contributed by atoms with van der Waals surface area (Å²) in [6, 6.07) is -0.437. The highest BCUT2D eigenvalue weighted by atomic mass is 16.2. The Morgan fingerprint density at radius 3 is 2.88 bits per heavy atom. The molecule has 1 aliphatic carbocycles. The van der Waals surface area contributed by atoms with E-state index in [4.69, 9.17) is 0 Å². The van der Waals surface area contributed by atoms with Crippen LogP contribution in [0.15, 0.2) is 12.4 Å². The summed E-state index contributed by atoms with van der Waals surface area (Å²) in [7, 11) is 1.82. The smallest absolute Gasteiger partial charge is 0.315 e. The van der Waals surface area contributed by atoms with Gasteiger partial charge in [0.05, 0.1) is 11.9 Å². The molecule has 0 bridgehead atoms. The Morgan fingerprint density at radius 1 is 1.33 bits per heavy atom. The Hall–Kier alpha value is -2.05. The minimum atomic E-state index is -0.448. The molecule has 0 radical (unpaired) electrons. The maximum Gasteiger partial charge on any atom is 0.315 e. The summed E-state index contributed by atoms with van der Waals surface area (Å²) in [5, 5.41) is 10.00. The molecule has 0 aromatic carbocycles. The van der Waals surface area contributed by atoms with Gasteiger partial charge >= 0.3 is 6.03 Å². The van der Waals surface area contributed by atoms with Gasteiger partial charge in [0.2, 0.25) is 5.91 Å². The Morgan fingerprint density at radius 2 is 2.17 bits per heavy atom. The first-order valence-corrected chi connectivity index (χ1v) is 8.94. The molecule has 0 spiro atoms. The molecule has 1 saturated heterocycles. The lowest BCUT2D eigenvalue weighted by Crippen LogP contribution is -2.49. The quantitative estimate of drug-likeness (QED) is 0.882. The molecule has 3 rings (SSSR count). The third-order valence-corrected chi connectivity index (χ3v) is 5.21. The average molecular weight is 333 g/mol. The van der Waals surface area contributed by atoms with Gasteiger partial charge in [0, 0.05) is 25.8 Å². The number of hydrogen-bond acceptors (Lipinski definition) is 3. The van der Waals surface area contributed by atoms with Crippen molar-refractivity contribution in [3.63, 3.8) is 0 Å². The predicted molar refractivity (Wildman–Crippen MR) is 91.7 cm³/mol. The van der Waals surface area contributed by atoms with Crippen molar-refractivity contribution in [1.29, 1.82) is 0 Å². The van der Waals surface area contributed by atoms with Crippen LogP contribution >= 0.6 is 0 Å². The fourth-order valence-corrected chi connectivity index (χ4v) is 3.80. The molecule has 0 unspecified atom stereocenters. The molecule has 2 heterocycles. The lowest BCUT2D eigenvalue weighted by molar-refractivity contribution is -0.118. The van der Waals surface area contributed by atoms with Crippen LogP contribution in [0.2, 0.25) is 0 Å². The van der Waals surface area contributed by atoms with Crippen molar-refractivity contribution in [3.05, 3.63) is 12.4 Å². The van der Waals surface area contributed by atoms with E-state index in [0.717, 1.165) is 18.5 Å². The van der Waals surface area contributed by atoms with Gasteiger partial charge in [-0.3, -0.25) is 9.48 Å². The van der Waals surface area contributed by atoms with Crippen molar-refractivity contribution in [2.24, 2.45) is 13.0 Å². The molecule has 3 amide bonds. The van der Waals surface area contributed by atoms with Crippen LogP contribution in [0.25, 0.3) is 0 Å². The van der Waals surface area contributed by atoms with Gasteiger partial charge in [0.25, 0.3) is 0 Å². The van der Waals surface area contributed by atoms with Gasteiger partial charge < -0.3 is 15.5 Å². The van der Waals surface area contributed by atoms with E-state index in [1.54, 1.807) is 15.8 Å². The first-order valence-electron chi connectivity index (χ1n) is 8.94. The standard InChI is InChI=1S/C17H27N5O2/c1-3-12-5-4-6-13(9-12)19-17(24)20-15-7-8-22(16(15)23)14-10-18-21(2)11-14/h10-13,15H,3-9H2,1-2H3,(H2,19,20,24)/t12-,13+,15+/m1/s1. The minimum absolute atomic E-state index is 0.0618. The summed E-state index contributed by atoms with van der Waals surface area (Å²) in [6.45, 7) is 2.81. The molecule has 2 N–H and O–H groups in total. The zero-order chi connectivity index (χ0) is 17.1. The number of nitrogens with zero attached hydrogens (tertiary/aromatic N) is 3. The fourth-order valence-electron chi connectivity index (χ4n) is 3.80. The first kappa shape index (κ1) is 16.8. The van der Waals surface area contributed by atoms with Gasteiger partial charge in [-0.2, -0.15) is 5.10 Å². The van der Waals surface area contributed by atoms with Crippen molar-refractivity contribution in [2.75, 3.05) is 11.4 Å². The predicted octanol–water partition coefficient (Wildman–Crippen LogP) is 1.79. The van der Waals surface area contributed by atoms with Gasteiger partial charge in [-0.15, -0.1) is 0 Å². The Kier molecular flexibility index (Phi) is 5.06. The molecule has 3 atom stereocenters. The molecule has 1 aromatic heterocycles. The lowest BCUT2D eigenvalue weighted by atomic mass is 9.84. The summed E-state index contributed by atoms with van der Waals surface area (Å²) in [5.74, 6) is 0.645. The summed E-state index contributed by atoms with van der Waals surface area (Å²) in [6.07, 6.45) is 9.79. The topological polar surface area (TPSA) is 79.3 Å². The highest BCUT2D eigenvalue weighted by Gasteiger charge is 2.34. The largest absolute Gasteiger partial charge is 0.335 e. The second kappa shape index (κ2) is 7.23. The van der Waals surface area contributed by atoms with Gasteiger partial charge in [-0.1, -0.05) is 26.2 Å². The molecule has 2 fully saturated rings. The monoisotopic (exact) mass is 333 g/mol. The molecule has 2 aliphatic rings. The number of anilines is 1. The van der Waals surface area contributed by atoms with Crippen molar-refractivity contribution in [2.45, 2.75) is 57.5 Å². The molecule has 1 aromatic rings. The molecule has 132 valence electrons. The number of amides is 3. The van der Waals surface area contributed by atoms with E-state index in [9.17, 15) is 9.59 Å². The number of aryl methyl sites for hydroxylation is 1. The number of nitrogens with one attached hydrogen (secondary N) is 2. The molecule has 1 aliphatic heterocycles. The second-order valence-electron chi connectivity index (χ2n) is 6.96. The van der Waals surface area contributed by atoms with Crippen molar-refractivity contribution >= 4 is 17.6 Å². The number of hydrogen-bond donors (Lipinski definition) is 2. The van der Waals surface area contributed by atoms with Gasteiger partial charge in [-0.25, -0.2) is 4.79 Å². The third-order valence-electron chi connectivity index (χ3n) is 5.21. The summed E-state index contributed by atoms with van der Waals surface area (Å²) < 4.78 is 1.67. The molecule has 7 nitrogen and oxygen atoms in total. The van der Waals surface area contributed by atoms with E-state index in [1.807, 2.05) is 13.2 Å². The number of carbonyl (C=O) groups excluding carboxylic acids is 2. The van der Waals surface area contributed by atoms with E-state index >= 15 is 0 Å². The normalized spacial score (nSPS) is 27.3. The number of urea groups is 1. The van der Waals surface area contributed by atoms with Crippen LogP contribution in [0.3, 0.4) is 0 Å². The SMILES string of the molecule is CC[C@@H]1CCC[C@H](NC(=O)N[C@H]2CCN(c3cnn(C)c3)C2=O)C1. The minimum Gasteiger partial charge on any atom is -0.335 e. The second-order valence-corrected chi connectivity index (χ2v) is 6.96. The number of rotatable bonds is 4. The zero-order valence-electron chi connectivity index (χ0n) is 14.5. The molecule has 24 heavy (non-hydrogen) atoms. The third kappa shape index (κ3) is 3.71. The van der Waals surface area contributed by atoms with Crippen LogP contribution in [0.1, 0.15) is 45.4 Å². The van der Waals surface area contributed by atoms with Gasteiger partial charge in [-0.05, 0) is 25.2 Å². The lowest BCUT2D eigenvalue weighted by Gasteiger charge is -2.29. The molecular formula is C17H27N5O2. The van der Waals surface area contributed by atoms with E-state index in [0.29, 0.717) is 18.9 Å². The number of aromatic nitrogens is 2. The van der Waals surface area contributed by atoms with Gasteiger partial charge in [0.15, 0.2) is 0 Å². The maximum absolute atomic E-state index is 12.5. The summed E-state index contributed by atoms with van der Waals surface area (Å²) in [4.78, 5) is 26.4. The van der Waals surface area contributed by atoms with Crippen molar-refractivity contribution in [3.8, 4) is 0 Å². The van der Waals surface area contributed by atoms with E-state index in [-0.39, 0.29) is 18.0 Å². The van der Waals surface area contributed by atoms with Crippen molar-refractivity contribution in [1.82, 2.24) is 20.4 Å². The maximum atomic E-state index is 12.5. The van der Waals surface area contributed by atoms with Crippen LogP contribution < -0.4 is 15.5 Å². The van der Waals surface area contributed by atoms with E-state index in [2.05, 4.69) is 22.7 Å². The Bertz CT molecular complexity index is 600. The number of carbonyl (C=O) groups is 2. The van der Waals surface area contributed by atoms with Crippen LogP contribution in [0.5, 0.6) is 0 Å². The molecule has 7 heteroatoms. The highest BCUT2D eigenvalue weighted by Crippen LogP contribution is 2.26. The van der Waals surface area contributed by atoms with E-state index in [1.165, 1.54) is 19.3 Å². The van der Waals surface area contributed by atoms with Crippen LogP contribution in [-0.4, -0.2) is 40.3 Å². The summed E-state index contributed by atoms with van der Waals surface area (Å²) in [5.41, 5.74) is 0.783.